The second-order valence-corrected chi connectivity index (χ2v) is 9.80. The molecule has 0 spiro atoms. The summed E-state index contributed by atoms with van der Waals surface area (Å²) in [7, 11) is -3.58. The van der Waals surface area contributed by atoms with Crippen molar-refractivity contribution in [2.45, 2.75) is 24.7 Å². The molecule has 8 heteroatoms. The van der Waals surface area contributed by atoms with Crippen LogP contribution in [0.25, 0.3) is 6.08 Å². The molecule has 0 bridgehead atoms. The van der Waals surface area contributed by atoms with E-state index in [4.69, 9.17) is 4.74 Å². The molecule has 1 aliphatic rings. The Morgan fingerprint density at radius 1 is 0.969 bits per heavy atom. The summed E-state index contributed by atoms with van der Waals surface area (Å²) in [6.45, 7) is 4.75. The maximum atomic E-state index is 12.7. The van der Waals surface area contributed by atoms with Gasteiger partial charge in [-0.05, 0) is 35.3 Å². The van der Waals surface area contributed by atoms with Crippen LogP contribution in [0.5, 0.6) is 0 Å². The quantitative estimate of drug-likeness (QED) is 0.473. The van der Waals surface area contributed by atoms with E-state index in [9.17, 15) is 18.0 Å². The van der Waals surface area contributed by atoms with E-state index in [2.05, 4.69) is 13.8 Å². The minimum atomic E-state index is -3.58. The van der Waals surface area contributed by atoms with Crippen molar-refractivity contribution >= 4 is 28.0 Å². The second kappa shape index (κ2) is 10.6. The number of piperazine rings is 1. The summed E-state index contributed by atoms with van der Waals surface area (Å²) in [5.41, 5.74) is 2.08. The largest absolute Gasteiger partial charge is 0.452 e. The zero-order valence-corrected chi connectivity index (χ0v) is 19.1. The molecular formula is C24H28N2O5S. The van der Waals surface area contributed by atoms with Gasteiger partial charge >= 0.3 is 5.97 Å². The summed E-state index contributed by atoms with van der Waals surface area (Å²) in [5.74, 6) is -0.509. The average molecular weight is 457 g/mol. The van der Waals surface area contributed by atoms with Gasteiger partial charge in [0, 0.05) is 32.3 Å². The number of hydrogen-bond donors (Lipinski definition) is 0. The van der Waals surface area contributed by atoms with Gasteiger partial charge in [0.2, 0.25) is 10.0 Å². The van der Waals surface area contributed by atoms with E-state index in [-0.39, 0.29) is 43.6 Å². The number of carbonyl (C=O) groups is 2. The molecule has 0 unspecified atom stereocenters. The monoisotopic (exact) mass is 456 g/mol. The van der Waals surface area contributed by atoms with Crippen molar-refractivity contribution in [2.24, 2.45) is 0 Å². The lowest BCUT2D eigenvalue weighted by atomic mass is 10.0. The summed E-state index contributed by atoms with van der Waals surface area (Å²) < 4.78 is 31.8. The van der Waals surface area contributed by atoms with Crippen LogP contribution < -0.4 is 0 Å². The van der Waals surface area contributed by atoms with Crippen LogP contribution in [-0.4, -0.2) is 62.3 Å². The summed E-state index contributed by atoms with van der Waals surface area (Å²) in [6, 6.07) is 16.1. The van der Waals surface area contributed by atoms with Gasteiger partial charge in [0.1, 0.15) is 0 Å². The highest BCUT2D eigenvalue weighted by Crippen LogP contribution is 2.17. The molecule has 0 N–H and O–H groups in total. The Morgan fingerprint density at radius 3 is 2.19 bits per heavy atom. The number of rotatable bonds is 7. The summed E-state index contributed by atoms with van der Waals surface area (Å²) in [5, 5.41) is 0. The summed E-state index contributed by atoms with van der Waals surface area (Å²) in [6.07, 6.45) is 2.94. The number of ether oxygens (including phenoxy) is 1. The maximum absolute atomic E-state index is 12.7. The third-order valence-corrected chi connectivity index (χ3v) is 7.24. The molecule has 0 radical (unpaired) electrons. The van der Waals surface area contributed by atoms with E-state index in [1.54, 1.807) is 36.4 Å². The molecule has 2 aromatic rings. The van der Waals surface area contributed by atoms with Crippen LogP contribution in [0, 0.1) is 0 Å². The van der Waals surface area contributed by atoms with Crippen molar-refractivity contribution in [1.82, 2.24) is 9.21 Å². The van der Waals surface area contributed by atoms with E-state index in [0.717, 1.165) is 5.56 Å². The van der Waals surface area contributed by atoms with Crippen LogP contribution >= 0.6 is 0 Å². The number of benzene rings is 2. The molecule has 0 saturated carbocycles. The first-order valence-corrected chi connectivity index (χ1v) is 12.0. The van der Waals surface area contributed by atoms with Gasteiger partial charge in [-0.3, -0.25) is 4.79 Å². The maximum Gasteiger partial charge on any atom is 0.331 e. The topological polar surface area (TPSA) is 84.0 Å². The van der Waals surface area contributed by atoms with E-state index < -0.39 is 16.0 Å². The minimum absolute atomic E-state index is 0.198. The molecular weight excluding hydrogens is 428 g/mol. The molecule has 1 aliphatic heterocycles. The van der Waals surface area contributed by atoms with Crippen LogP contribution in [0.4, 0.5) is 0 Å². The van der Waals surface area contributed by atoms with Crippen molar-refractivity contribution in [1.29, 1.82) is 0 Å². The van der Waals surface area contributed by atoms with Crippen molar-refractivity contribution in [3.8, 4) is 0 Å². The standard InChI is InChI=1S/C24H28N2O5S/c1-19(2)21-11-8-20(9-12-21)10-13-24(28)31-18-23(27)25-14-16-26(17-15-25)32(29,30)22-6-4-3-5-7-22/h3-13,19H,14-18H2,1-2H3/b13-10+. The number of nitrogens with zero attached hydrogens (tertiary/aromatic N) is 2. The van der Waals surface area contributed by atoms with Crippen LogP contribution in [0.2, 0.25) is 0 Å². The van der Waals surface area contributed by atoms with Gasteiger partial charge in [0.15, 0.2) is 6.61 Å². The molecule has 1 saturated heterocycles. The van der Waals surface area contributed by atoms with Gasteiger partial charge in [-0.1, -0.05) is 56.3 Å². The predicted molar refractivity (Wildman–Crippen MR) is 122 cm³/mol. The first kappa shape index (κ1) is 23.7. The van der Waals surface area contributed by atoms with Gasteiger partial charge in [0.05, 0.1) is 4.90 Å². The first-order chi connectivity index (χ1) is 15.3. The van der Waals surface area contributed by atoms with Gasteiger partial charge in [-0.2, -0.15) is 4.31 Å². The van der Waals surface area contributed by atoms with Crippen molar-refractivity contribution < 1.29 is 22.7 Å². The van der Waals surface area contributed by atoms with Crippen LogP contribution in [0.3, 0.4) is 0 Å². The van der Waals surface area contributed by atoms with E-state index in [1.165, 1.54) is 20.8 Å². The molecule has 0 aliphatic carbocycles. The van der Waals surface area contributed by atoms with Gasteiger partial charge in [-0.25, -0.2) is 13.2 Å². The van der Waals surface area contributed by atoms with Crippen molar-refractivity contribution in [3.05, 3.63) is 71.8 Å². The number of esters is 1. The van der Waals surface area contributed by atoms with E-state index in [1.807, 2.05) is 24.3 Å². The van der Waals surface area contributed by atoms with E-state index >= 15 is 0 Å². The molecule has 32 heavy (non-hydrogen) atoms. The molecule has 1 amide bonds. The van der Waals surface area contributed by atoms with Crippen LogP contribution in [0.15, 0.2) is 65.6 Å². The normalized spacial score (nSPS) is 15.3. The molecule has 7 nitrogen and oxygen atoms in total. The van der Waals surface area contributed by atoms with Crippen molar-refractivity contribution in [2.75, 3.05) is 32.8 Å². The highest BCUT2D eigenvalue weighted by molar-refractivity contribution is 7.89. The zero-order valence-electron chi connectivity index (χ0n) is 18.3. The van der Waals surface area contributed by atoms with Gasteiger partial charge in [0.25, 0.3) is 5.91 Å². The number of carbonyl (C=O) groups excluding carboxylic acids is 2. The lowest BCUT2D eigenvalue weighted by Gasteiger charge is -2.33. The zero-order chi connectivity index (χ0) is 23.1. The highest BCUT2D eigenvalue weighted by Gasteiger charge is 2.30. The number of hydrogen-bond acceptors (Lipinski definition) is 5. The summed E-state index contributed by atoms with van der Waals surface area (Å²) in [4.78, 5) is 26.1. The van der Waals surface area contributed by atoms with Crippen molar-refractivity contribution in [3.63, 3.8) is 0 Å². The fraction of sp³-hybridized carbons (Fsp3) is 0.333. The first-order valence-electron chi connectivity index (χ1n) is 10.5. The molecule has 2 aromatic carbocycles. The molecule has 1 fully saturated rings. The smallest absolute Gasteiger partial charge is 0.331 e. The fourth-order valence-corrected chi connectivity index (χ4v) is 4.79. The lowest BCUT2D eigenvalue weighted by Crippen LogP contribution is -2.51. The molecule has 0 aromatic heterocycles. The number of amides is 1. The second-order valence-electron chi connectivity index (χ2n) is 7.86. The third kappa shape index (κ3) is 6.05. The Kier molecular flexibility index (Phi) is 7.82. The molecule has 3 rings (SSSR count). The van der Waals surface area contributed by atoms with Gasteiger partial charge in [-0.15, -0.1) is 0 Å². The molecule has 1 heterocycles. The molecule has 0 atom stereocenters. The Bertz CT molecular complexity index is 1060. The third-order valence-electron chi connectivity index (χ3n) is 5.33. The average Bonchev–Trinajstić information content (AvgIpc) is 2.82. The van der Waals surface area contributed by atoms with Crippen LogP contribution in [-0.2, 0) is 24.3 Å². The Balaban J connectivity index is 1.45. The predicted octanol–water partition coefficient (Wildman–Crippen LogP) is 2.90. The lowest BCUT2D eigenvalue weighted by molar-refractivity contribution is -0.148. The Labute approximate surface area is 189 Å². The van der Waals surface area contributed by atoms with Crippen LogP contribution in [0.1, 0.15) is 30.9 Å². The summed E-state index contributed by atoms with van der Waals surface area (Å²) >= 11 is 0. The Hall–Kier alpha value is -2.97. The fourth-order valence-electron chi connectivity index (χ4n) is 3.35. The number of sulfonamides is 1. The van der Waals surface area contributed by atoms with Gasteiger partial charge < -0.3 is 9.64 Å². The SMILES string of the molecule is CC(C)c1ccc(/C=C/C(=O)OCC(=O)N2CCN(S(=O)(=O)c3ccccc3)CC2)cc1. The molecule has 170 valence electrons. The Morgan fingerprint density at radius 2 is 1.59 bits per heavy atom. The highest BCUT2D eigenvalue weighted by atomic mass is 32.2. The van der Waals surface area contributed by atoms with E-state index in [0.29, 0.717) is 5.92 Å². The minimum Gasteiger partial charge on any atom is -0.452 e.